The van der Waals surface area contributed by atoms with E-state index in [1.54, 1.807) is 19.1 Å². The Kier molecular flexibility index (Phi) is 11.5. The van der Waals surface area contributed by atoms with Crippen LogP contribution in [0.2, 0.25) is 0 Å². The fraction of sp³-hybridized carbons (Fsp3) is 0.458. The Balaban J connectivity index is 1.88. The molecule has 7 heteroatoms. The summed E-state index contributed by atoms with van der Waals surface area (Å²) in [5.41, 5.74) is 1.95. The molecule has 0 fully saturated rings. The molecule has 170 valence electrons. The van der Waals surface area contributed by atoms with Crippen molar-refractivity contribution in [2.45, 2.75) is 43.8 Å². The minimum atomic E-state index is -0.527. The molecule has 0 bridgehead atoms. The van der Waals surface area contributed by atoms with Gasteiger partial charge in [0.25, 0.3) is 0 Å². The third-order valence-corrected chi connectivity index (χ3v) is 5.42. The van der Waals surface area contributed by atoms with Crippen LogP contribution >= 0.6 is 11.8 Å². The first-order chi connectivity index (χ1) is 15.0. The number of carbonyl (C=O) groups is 1. The van der Waals surface area contributed by atoms with Crippen molar-refractivity contribution in [1.82, 2.24) is 5.32 Å². The van der Waals surface area contributed by atoms with Gasteiger partial charge in [0.2, 0.25) is 5.91 Å². The molecule has 0 aliphatic rings. The Morgan fingerprint density at radius 3 is 2.39 bits per heavy atom. The summed E-state index contributed by atoms with van der Waals surface area (Å²) in [6.07, 6.45) is 3.08. The lowest BCUT2D eigenvalue weighted by Crippen LogP contribution is -2.40. The van der Waals surface area contributed by atoms with Gasteiger partial charge in [-0.15, -0.1) is 11.8 Å². The molecule has 2 aromatic rings. The molecule has 0 heterocycles. The molecule has 0 saturated heterocycles. The molecule has 1 amide bonds. The zero-order valence-corrected chi connectivity index (χ0v) is 19.0. The van der Waals surface area contributed by atoms with Crippen LogP contribution in [0.5, 0.6) is 5.75 Å². The second-order valence-electron chi connectivity index (χ2n) is 7.51. The van der Waals surface area contributed by atoms with E-state index >= 15 is 0 Å². The average Bonchev–Trinajstić information content (AvgIpc) is 2.76. The summed E-state index contributed by atoms with van der Waals surface area (Å²) in [7, 11) is 0. The molecule has 2 rings (SSSR count). The summed E-state index contributed by atoms with van der Waals surface area (Å²) in [4.78, 5) is 12.5. The van der Waals surface area contributed by atoms with Crippen molar-refractivity contribution in [3.63, 3.8) is 0 Å². The maximum Gasteiger partial charge on any atom is 0.220 e. The number of aliphatic hydroxyl groups is 1. The largest absolute Gasteiger partial charge is 0.508 e. The molecule has 0 saturated carbocycles. The molecule has 3 unspecified atom stereocenters. The number of ether oxygens (including phenoxy) is 2. The van der Waals surface area contributed by atoms with Crippen LogP contribution in [0.4, 0.5) is 0 Å². The second-order valence-corrected chi connectivity index (χ2v) is 8.50. The number of benzene rings is 2. The molecule has 6 nitrogen and oxygen atoms in total. The molecule has 2 aromatic carbocycles. The number of hydrogen-bond donors (Lipinski definition) is 3. The van der Waals surface area contributed by atoms with Gasteiger partial charge in [0.15, 0.2) is 0 Å². The summed E-state index contributed by atoms with van der Waals surface area (Å²) in [6.45, 7) is 2.63. The number of amides is 1. The topological polar surface area (TPSA) is 88.0 Å². The van der Waals surface area contributed by atoms with E-state index in [2.05, 4.69) is 5.32 Å². The van der Waals surface area contributed by atoms with Gasteiger partial charge in [-0.05, 0) is 49.3 Å². The number of phenolic OH excluding ortho intramolecular Hbond substituents is 1. The maximum absolute atomic E-state index is 12.5. The number of thioether (sulfide) groups is 1. The third-order valence-electron chi connectivity index (χ3n) is 4.63. The average molecular weight is 448 g/mol. The van der Waals surface area contributed by atoms with Gasteiger partial charge >= 0.3 is 0 Å². The first-order valence-electron chi connectivity index (χ1n) is 10.5. The van der Waals surface area contributed by atoms with E-state index in [0.717, 1.165) is 11.1 Å². The standard InChI is InChI=1S/C24H33NO5S/c1-18(26)15-30-24(31-2)17-29-16-21(14-20-8-11-22(27)12-9-20)25-23(28)13-10-19-6-4-3-5-7-19/h3-9,11-12,18,21,24,26-27H,10,13-17H2,1-2H3,(H,25,28). The smallest absolute Gasteiger partial charge is 0.220 e. The first-order valence-corrected chi connectivity index (χ1v) is 11.8. The van der Waals surface area contributed by atoms with Gasteiger partial charge in [0, 0.05) is 6.42 Å². The Labute approximate surface area is 189 Å². The predicted octanol–water partition coefficient (Wildman–Crippen LogP) is 3.16. The first kappa shape index (κ1) is 25.2. The molecule has 0 aliphatic carbocycles. The lowest BCUT2D eigenvalue weighted by molar-refractivity contribution is -0.122. The van der Waals surface area contributed by atoms with Gasteiger partial charge in [-0.1, -0.05) is 42.5 Å². The van der Waals surface area contributed by atoms with Crippen LogP contribution in [0.1, 0.15) is 24.5 Å². The van der Waals surface area contributed by atoms with E-state index in [0.29, 0.717) is 32.5 Å². The van der Waals surface area contributed by atoms with Crippen molar-refractivity contribution in [3.05, 3.63) is 65.7 Å². The summed E-state index contributed by atoms with van der Waals surface area (Å²) in [6, 6.07) is 16.7. The van der Waals surface area contributed by atoms with E-state index in [1.165, 1.54) is 11.8 Å². The highest BCUT2D eigenvalue weighted by Crippen LogP contribution is 2.13. The predicted molar refractivity (Wildman–Crippen MR) is 124 cm³/mol. The van der Waals surface area contributed by atoms with Crippen LogP contribution < -0.4 is 5.32 Å². The highest BCUT2D eigenvalue weighted by atomic mass is 32.2. The van der Waals surface area contributed by atoms with Crippen molar-refractivity contribution < 1.29 is 24.5 Å². The maximum atomic E-state index is 12.5. The van der Waals surface area contributed by atoms with Crippen molar-refractivity contribution in [1.29, 1.82) is 0 Å². The SMILES string of the molecule is CSC(COCC(Cc1ccc(O)cc1)NC(=O)CCc1ccccc1)OCC(C)O. The van der Waals surface area contributed by atoms with Crippen LogP contribution in [-0.2, 0) is 27.1 Å². The van der Waals surface area contributed by atoms with Gasteiger partial charge < -0.3 is 25.0 Å². The van der Waals surface area contributed by atoms with Gasteiger partial charge in [0.05, 0.1) is 32.0 Å². The number of rotatable bonds is 14. The van der Waals surface area contributed by atoms with Crippen LogP contribution in [-0.4, -0.2) is 59.8 Å². The molecule has 0 radical (unpaired) electrons. The monoisotopic (exact) mass is 447 g/mol. The zero-order valence-electron chi connectivity index (χ0n) is 18.2. The molecule has 3 atom stereocenters. The van der Waals surface area contributed by atoms with E-state index in [-0.39, 0.29) is 29.7 Å². The highest BCUT2D eigenvalue weighted by molar-refractivity contribution is 7.99. The Hall–Kier alpha value is -2.06. The van der Waals surface area contributed by atoms with Crippen LogP contribution in [0.25, 0.3) is 0 Å². The number of nitrogens with one attached hydrogen (secondary N) is 1. The minimum Gasteiger partial charge on any atom is -0.508 e. The van der Waals surface area contributed by atoms with E-state index in [4.69, 9.17) is 9.47 Å². The molecule has 0 aliphatic heterocycles. The summed E-state index contributed by atoms with van der Waals surface area (Å²) in [5, 5.41) is 22.0. The molecule has 0 spiro atoms. The number of hydrogen-bond acceptors (Lipinski definition) is 6. The highest BCUT2D eigenvalue weighted by Gasteiger charge is 2.16. The normalized spacial score (nSPS) is 14.0. The molecule has 3 N–H and O–H groups in total. The summed E-state index contributed by atoms with van der Waals surface area (Å²) >= 11 is 1.52. The van der Waals surface area contributed by atoms with Crippen molar-refractivity contribution >= 4 is 17.7 Å². The second kappa shape index (κ2) is 14.1. The fourth-order valence-electron chi connectivity index (χ4n) is 3.01. The fourth-order valence-corrected chi connectivity index (χ4v) is 3.45. The van der Waals surface area contributed by atoms with Gasteiger partial charge in [-0.3, -0.25) is 4.79 Å². The van der Waals surface area contributed by atoms with E-state index < -0.39 is 6.10 Å². The Morgan fingerprint density at radius 1 is 1.03 bits per heavy atom. The zero-order chi connectivity index (χ0) is 22.5. The third kappa shape index (κ3) is 10.7. The van der Waals surface area contributed by atoms with Crippen LogP contribution in [0, 0.1) is 0 Å². The van der Waals surface area contributed by atoms with Crippen molar-refractivity contribution in [2.75, 3.05) is 26.1 Å². The number of aromatic hydroxyl groups is 1. The minimum absolute atomic E-state index is 0.0250. The summed E-state index contributed by atoms with van der Waals surface area (Å²) in [5.74, 6) is 0.185. The lowest BCUT2D eigenvalue weighted by Gasteiger charge is -2.22. The van der Waals surface area contributed by atoms with Crippen molar-refractivity contribution in [2.24, 2.45) is 0 Å². The number of aryl methyl sites for hydroxylation is 1. The van der Waals surface area contributed by atoms with Crippen LogP contribution in [0.15, 0.2) is 54.6 Å². The van der Waals surface area contributed by atoms with Crippen molar-refractivity contribution in [3.8, 4) is 5.75 Å². The molecular formula is C24H33NO5S. The number of phenols is 1. The Bertz CT molecular complexity index is 754. The molecular weight excluding hydrogens is 414 g/mol. The van der Waals surface area contributed by atoms with E-state index in [1.807, 2.05) is 48.7 Å². The quantitative estimate of drug-likeness (QED) is 0.386. The number of aliphatic hydroxyl groups excluding tert-OH is 1. The summed E-state index contributed by atoms with van der Waals surface area (Å²) < 4.78 is 11.5. The molecule has 0 aromatic heterocycles. The van der Waals surface area contributed by atoms with Gasteiger partial charge in [-0.25, -0.2) is 0 Å². The lowest BCUT2D eigenvalue weighted by atomic mass is 10.1. The van der Waals surface area contributed by atoms with E-state index in [9.17, 15) is 15.0 Å². The Morgan fingerprint density at radius 2 is 1.74 bits per heavy atom. The molecule has 31 heavy (non-hydrogen) atoms. The van der Waals surface area contributed by atoms with Gasteiger partial charge in [-0.2, -0.15) is 0 Å². The van der Waals surface area contributed by atoms with Crippen LogP contribution in [0.3, 0.4) is 0 Å². The number of carbonyl (C=O) groups excluding carboxylic acids is 1. The van der Waals surface area contributed by atoms with Gasteiger partial charge in [0.1, 0.15) is 11.2 Å².